The molecule has 0 atom stereocenters. The fourth-order valence-corrected chi connectivity index (χ4v) is 4.09. The Morgan fingerprint density at radius 2 is 1.76 bits per heavy atom. The molecular formula is C24H15F3N6. The summed E-state index contributed by atoms with van der Waals surface area (Å²) in [5.41, 5.74) is 2.06. The molecular weight excluding hydrogens is 429 g/mol. The maximum atomic E-state index is 13.6. The summed E-state index contributed by atoms with van der Waals surface area (Å²) < 4.78 is 42.4. The lowest BCUT2D eigenvalue weighted by Crippen LogP contribution is -2.04. The third kappa shape index (κ3) is 3.16. The van der Waals surface area contributed by atoms with Crippen LogP contribution in [0.1, 0.15) is 5.56 Å². The molecule has 6 rings (SSSR count). The largest absolute Gasteiger partial charge is 0.418 e. The first-order chi connectivity index (χ1) is 16.0. The Morgan fingerprint density at radius 3 is 2.64 bits per heavy atom. The number of anilines is 2. The number of aromatic amines is 1. The molecule has 6 nitrogen and oxygen atoms in total. The molecule has 0 unspecified atom stereocenters. The first kappa shape index (κ1) is 19.3. The lowest BCUT2D eigenvalue weighted by atomic mass is 10.1. The van der Waals surface area contributed by atoms with Crippen LogP contribution < -0.4 is 5.32 Å². The van der Waals surface area contributed by atoms with Gasteiger partial charge >= 0.3 is 6.18 Å². The third-order valence-corrected chi connectivity index (χ3v) is 5.57. The van der Waals surface area contributed by atoms with Gasteiger partial charge in [-0.3, -0.25) is 10.1 Å². The van der Waals surface area contributed by atoms with Crippen LogP contribution in [0.25, 0.3) is 38.5 Å². The van der Waals surface area contributed by atoms with E-state index < -0.39 is 11.7 Å². The second kappa shape index (κ2) is 7.06. The third-order valence-electron chi connectivity index (χ3n) is 5.57. The zero-order valence-electron chi connectivity index (χ0n) is 16.9. The molecule has 0 bridgehead atoms. The molecule has 33 heavy (non-hydrogen) atoms. The summed E-state index contributed by atoms with van der Waals surface area (Å²) in [6, 6.07) is 17.6. The lowest BCUT2D eigenvalue weighted by molar-refractivity contribution is -0.136. The summed E-state index contributed by atoms with van der Waals surface area (Å²) in [6.07, 6.45) is -0.0695. The first-order valence-corrected chi connectivity index (χ1v) is 10.1. The number of halogens is 3. The van der Waals surface area contributed by atoms with E-state index in [-0.39, 0.29) is 5.39 Å². The highest BCUT2D eigenvalue weighted by molar-refractivity contribution is 5.95. The molecule has 2 aromatic carbocycles. The molecule has 0 radical (unpaired) electrons. The quantitative estimate of drug-likeness (QED) is 0.340. The number of rotatable bonds is 3. The Morgan fingerprint density at radius 1 is 0.879 bits per heavy atom. The van der Waals surface area contributed by atoms with Crippen LogP contribution in [-0.4, -0.2) is 24.7 Å². The van der Waals surface area contributed by atoms with Crippen molar-refractivity contribution in [1.29, 1.82) is 0 Å². The van der Waals surface area contributed by atoms with E-state index in [1.54, 1.807) is 30.6 Å². The van der Waals surface area contributed by atoms with Gasteiger partial charge in [0, 0.05) is 35.1 Å². The van der Waals surface area contributed by atoms with Crippen molar-refractivity contribution in [1.82, 2.24) is 24.7 Å². The highest BCUT2D eigenvalue weighted by Crippen LogP contribution is 2.38. The molecule has 0 saturated carbocycles. The first-order valence-electron chi connectivity index (χ1n) is 10.1. The van der Waals surface area contributed by atoms with Crippen LogP contribution in [0.15, 0.2) is 79.3 Å². The maximum Gasteiger partial charge on any atom is 0.418 e. The van der Waals surface area contributed by atoms with Crippen molar-refractivity contribution >= 4 is 44.2 Å². The van der Waals surface area contributed by atoms with Gasteiger partial charge in [-0.15, -0.1) is 0 Å². The second-order valence-electron chi connectivity index (χ2n) is 7.59. The van der Waals surface area contributed by atoms with Crippen molar-refractivity contribution in [2.45, 2.75) is 6.18 Å². The number of nitrogens with one attached hydrogen (secondary N) is 2. The number of nitrogens with zero attached hydrogens (tertiary/aromatic N) is 4. The smallest absolute Gasteiger partial charge is 0.337 e. The van der Waals surface area contributed by atoms with Gasteiger partial charge in [0.1, 0.15) is 11.3 Å². The van der Waals surface area contributed by atoms with Gasteiger partial charge in [-0.05, 0) is 47.9 Å². The predicted molar refractivity (Wildman–Crippen MR) is 121 cm³/mol. The minimum atomic E-state index is -4.47. The average Bonchev–Trinajstić information content (AvgIpc) is 3.40. The SMILES string of the molecule is FC(F)(F)c1cn(-c2nccc3cc(Nc4n[nH]c5cccnc45)ccc23)c2ccccc12. The van der Waals surface area contributed by atoms with Crippen molar-refractivity contribution in [3.8, 4) is 5.82 Å². The monoisotopic (exact) mass is 444 g/mol. The van der Waals surface area contributed by atoms with E-state index in [4.69, 9.17) is 0 Å². The van der Waals surface area contributed by atoms with E-state index in [0.29, 0.717) is 22.7 Å². The molecule has 4 heterocycles. The van der Waals surface area contributed by atoms with Gasteiger partial charge in [-0.2, -0.15) is 18.3 Å². The summed E-state index contributed by atoms with van der Waals surface area (Å²) in [5.74, 6) is 1.02. The number of H-pyrrole nitrogens is 1. The van der Waals surface area contributed by atoms with Crippen LogP contribution in [0.4, 0.5) is 24.7 Å². The Hall–Kier alpha value is -4.40. The van der Waals surface area contributed by atoms with Crippen molar-refractivity contribution < 1.29 is 13.2 Å². The van der Waals surface area contributed by atoms with E-state index in [9.17, 15) is 13.2 Å². The zero-order valence-corrected chi connectivity index (χ0v) is 16.9. The van der Waals surface area contributed by atoms with E-state index in [2.05, 4.69) is 25.5 Å². The molecule has 0 aliphatic carbocycles. The van der Waals surface area contributed by atoms with Crippen LogP contribution in [0.5, 0.6) is 0 Å². The van der Waals surface area contributed by atoms with Crippen molar-refractivity contribution in [2.24, 2.45) is 0 Å². The van der Waals surface area contributed by atoms with Crippen LogP contribution >= 0.6 is 0 Å². The summed E-state index contributed by atoms with van der Waals surface area (Å²) >= 11 is 0. The van der Waals surface area contributed by atoms with Gasteiger partial charge in [-0.1, -0.05) is 18.2 Å². The normalized spacial score (nSPS) is 12.1. The van der Waals surface area contributed by atoms with Gasteiger partial charge in [0.05, 0.1) is 16.6 Å². The van der Waals surface area contributed by atoms with E-state index >= 15 is 0 Å². The number of alkyl halides is 3. The molecule has 0 spiro atoms. The average molecular weight is 444 g/mol. The molecule has 4 aromatic heterocycles. The summed E-state index contributed by atoms with van der Waals surface area (Å²) in [4.78, 5) is 8.76. The number of hydrogen-bond donors (Lipinski definition) is 2. The maximum absolute atomic E-state index is 13.6. The highest BCUT2D eigenvalue weighted by atomic mass is 19.4. The molecule has 9 heteroatoms. The van der Waals surface area contributed by atoms with Gasteiger partial charge in [0.25, 0.3) is 0 Å². The van der Waals surface area contributed by atoms with Gasteiger partial charge in [0.15, 0.2) is 5.82 Å². The van der Waals surface area contributed by atoms with Crippen LogP contribution in [0, 0.1) is 0 Å². The molecule has 0 fully saturated rings. The van der Waals surface area contributed by atoms with Gasteiger partial charge < -0.3 is 9.88 Å². The Labute approximate surface area is 184 Å². The topological polar surface area (TPSA) is 71.4 Å². The number of fused-ring (bicyclic) bond motifs is 3. The summed E-state index contributed by atoms with van der Waals surface area (Å²) in [7, 11) is 0. The van der Waals surface area contributed by atoms with Crippen LogP contribution in [0.3, 0.4) is 0 Å². The number of benzene rings is 2. The molecule has 162 valence electrons. The van der Waals surface area contributed by atoms with Crippen LogP contribution in [0.2, 0.25) is 0 Å². The minimum Gasteiger partial charge on any atom is -0.337 e. The van der Waals surface area contributed by atoms with E-state index in [0.717, 1.165) is 28.2 Å². The Balaban J connectivity index is 1.47. The standard InChI is InChI=1S/C24H15F3N6/c25-24(26,27)18-13-33(20-6-2-1-4-17(18)20)23-16-8-7-15(12-14(16)9-11-29-23)30-22-21-19(31-32-22)5-3-10-28-21/h1-13H,(H2,30,31,32). The predicted octanol–water partition coefficient (Wildman–Crippen LogP) is 6.21. The van der Waals surface area contributed by atoms with Gasteiger partial charge in [0.2, 0.25) is 0 Å². The molecule has 0 amide bonds. The highest BCUT2D eigenvalue weighted by Gasteiger charge is 2.34. The van der Waals surface area contributed by atoms with Gasteiger partial charge in [-0.25, -0.2) is 4.98 Å². The number of para-hydroxylation sites is 1. The number of aromatic nitrogens is 5. The van der Waals surface area contributed by atoms with E-state index in [1.807, 2.05) is 36.4 Å². The Kier molecular flexibility index (Phi) is 4.13. The van der Waals surface area contributed by atoms with Crippen molar-refractivity contribution in [2.75, 3.05) is 5.32 Å². The fourth-order valence-electron chi connectivity index (χ4n) is 4.09. The van der Waals surface area contributed by atoms with Crippen molar-refractivity contribution in [3.05, 3.63) is 84.8 Å². The summed E-state index contributed by atoms with van der Waals surface area (Å²) in [6.45, 7) is 0. The fraction of sp³-hybridized carbons (Fsp3) is 0.0417. The molecule has 6 aromatic rings. The number of pyridine rings is 2. The zero-order chi connectivity index (χ0) is 22.6. The second-order valence-corrected chi connectivity index (χ2v) is 7.59. The number of hydrogen-bond acceptors (Lipinski definition) is 4. The summed E-state index contributed by atoms with van der Waals surface area (Å²) in [5, 5.41) is 12.1. The molecule has 0 saturated heterocycles. The lowest BCUT2D eigenvalue weighted by Gasteiger charge is -2.10. The Bertz CT molecular complexity index is 1650. The molecule has 0 aliphatic rings. The molecule has 0 aliphatic heterocycles. The molecule has 2 N–H and O–H groups in total. The van der Waals surface area contributed by atoms with E-state index in [1.165, 1.54) is 10.6 Å². The minimum absolute atomic E-state index is 0.139. The van der Waals surface area contributed by atoms with Crippen molar-refractivity contribution in [3.63, 3.8) is 0 Å². The van der Waals surface area contributed by atoms with Crippen LogP contribution in [-0.2, 0) is 6.18 Å².